The second-order valence-electron chi connectivity index (χ2n) is 6.24. The molecule has 1 N–H and O–H groups in total. The van der Waals surface area contributed by atoms with Crippen molar-refractivity contribution in [2.45, 2.75) is 25.7 Å². The van der Waals surface area contributed by atoms with Crippen LogP contribution in [0.1, 0.15) is 25.0 Å². The summed E-state index contributed by atoms with van der Waals surface area (Å²) in [4.78, 5) is 22.7. The van der Waals surface area contributed by atoms with Crippen LogP contribution in [0.25, 0.3) is 6.08 Å². The molecule has 0 heterocycles. The quantitative estimate of drug-likeness (QED) is 0.401. The van der Waals surface area contributed by atoms with Crippen LogP contribution >= 0.6 is 0 Å². The van der Waals surface area contributed by atoms with Crippen molar-refractivity contribution in [2.75, 3.05) is 18.4 Å². The lowest BCUT2D eigenvalue weighted by molar-refractivity contribution is -0.384. The van der Waals surface area contributed by atoms with Gasteiger partial charge >= 0.3 is 0 Å². The number of hydrogen-bond donors (Lipinski definition) is 1. The number of carbonyl (C=O) groups excluding carboxylic acids is 1. The van der Waals surface area contributed by atoms with Crippen LogP contribution in [0.4, 0.5) is 11.4 Å². The number of hydrogen-bond acceptors (Lipinski definition) is 5. The van der Waals surface area contributed by atoms with Crippen molar-refractivity contribution in [3.63, 3.8) is 0 Å². The fourth-order valence-corrected chi connectivity index (χ4v) is 4.13. The van der Waals surface area contributed by atoms with Crippen LogP contribution in [0.15, 0.2) is 53.4 Å². The number of rotatable bonds is 8. The summed E-state index contributed by atoms with van der Waals surface area (Å²) in [5.74, 6) is -0.451. The molecule has 9 heteroatoms. The van der Waals surface area contributed by atoms with Gasteiger partial charge in [0.05, 0.1) is 15.5 Å². The van der Waals surface area contributed by atoms with Gasteiger partial charge in [-0.15, -0.1) is 0 Å². The van der Waals surface area contributed by atoms with Crippen molar-refractivity contribution in [3.8, 4) is 0 Å². The molecule has 1 amide bonds. The van der Waals surface area contributed by atoms with Gasteiger partial charge in [-0.1, -0.05) is 32.0 Å². The molecule has 29 heavy (non-hydrogen) atoms. The number of nitro groups is 1. The zero-order valence-corrected chi connectivity index (χ0v) is 17.3. The molecule has 0 fully saturated rings. The summed E-state index contributed by atoms with van der Waals surface area (Å²) in [5.41, 5.74) is 1.59. The molecule has 8 nitrogen and oxygen atoms in total. The van der Waals surface area contributed by atoms with E-state index in [4.69, 9.17) is 0 Å². The van der Waals surface area contributed by atoms with Gasteiger partial charge in [-0.05, 0) is 36.3 Å². The Bertz CT molecular complexity index is 1030. The second-order valence-corrected chi connectivity index (χ2v) is 8.18. The Morgan fingerprint density at radius 2 is 1.76 bits per heavy atom. The van der Waals surface area contributed by atoms with E-state index in [-0.39, 0.29) is 10.6 Å². The average Bonchev–Trinajstić information content (AvgIpc) is 2.69. The van der Waals surface area contributed by atoms with Crippen molar-refractivity contribution in [2.24, 2.45) is 0 Å². The number of non-ortho nitro benzene ring substituents is 1. The Balaban J connectivity index is 2.12. The standard InChI is InChI=1S/C20H23N3O5S/c1-4-22(5-2)29(27,28)18-11-7-16(8-12-18)9-13-20(24)21-19-14-17(23(25)26)10-6-15(19)3/h6-14H,4-5H2,1-3H3,(H,21,24). The van der Waals surface area contributed by atoms with Gasteiger partial charge in [0.15, 0.2) is 0 Å². The molecule has 2 rings (SSSR count). The Hall–Kier alpha value is -3.04. The van der Waals surface area contributed by atoms with Crippen LogP contribution in [-0.2, 0) is 14.8 Å². The predicted molar refractivity (Wildman–Crippen MR) is 112 cm³/mol. The van der Waals surface area contributed by atoms with Crippen molar-refractivity contribution in [1.29, 1.82) is 0 Å². The van der Waals surface area contributed by atoms with E-state index in [0.717, 1.165) is 0 Å². The van der Waals surface area contributed by atoms with Crippen LogP contribution in [0.2, 0.25) is 0 Å². The summed E-state index contributed by atoms with van der Waals surface area (Å²) in [6.07, 6.45) is 2.82. The monoisotopic (exact) mass is 417 g/mol. The molecule has 0 atom stereocenters. The zero-order chi connectivity index (χ0) is 21.6. The molecule has 0 unspecified atom stereocenters. The number of nitro benzene ring substituents is 1. The summed E-state index contributed by atoms with van der Waals surface area (Å²) in [6.45, 7) is 6.06. The van der Waals surface area contributed by atoms with E-state index in [1.807, 2.05) is 0 Å². The Morgan fingerprint density at radius 1 is 1.14 bits per heavy atom. The molecule has 2 aromatic rings. The molecule has 0 aliphatic carbocycles. The number of nitrogens with one attached hydrogen (secondary N) is 1. The maximum atomic E-state index is 12.5. The fraction of sp³-hybridized carbons (Fsp3) is 0.250. The smallest absolute Gasteiger partial charge is 0.271 e. The van der Waals surface area contributed by atoms with Crippen LogP contribution in [0, 0.1) is 17.0 Å². The first-order valence-corrected chi connectivity index (χ1v) is 10.5. The number of carbonyl (C=O) groups is 1. The van der Waals surface area contributed by atoms with Gasteiger partial charge in [-0.25, -0.2) is 8.42 Å². The molecular formula is C20H23N3O5S. The van der Waals surface area contributed by atoms with Crippen LogP contribution in [0.5, 0.6) is 0 Å². The molecule has 0 radical (unpaired) electrons. The first-order valence-electron chi connectivity index (χ1n) is 9.03. The molecule has 0 saturated heterocycles. The lowest BCUT2D eigenvalue weighted by Crippen LogP contribution is -2.30. The lowest BCUT2D eigenvalue weighted by atomic mass is 10.1. The highest BCUT2D eigenvalue weighted by Gasteiger charge is 2.20. The van der Waals surface area contributed by atoms with Gasteiger partial charge in [0.1, 0.15) is 0 Å². The van der Waals surface area contributed by atoms with Crippen LogP contribution < -0.4 is 5.32 Å². The molecule has 0 spiro atoms. The molecule has 0 aliphatic heterocycles. The molecule has 154 valence electrons. The van der Waals surface area contributed by atoms with Crippen molar-refractivity contribution < 1.29 is 18.1 Å². The minimum atomic E-state index is -3.53. The van der Waals surface area contributed by atoms with Gasteiger partial charge < -0.3 is 5.32 Å². The molecule has 0 aromatic heterocycles. The topological polar surface area (TPSA) is 110 Å². The third-order valence-corrected chi connectivity index (χ3v) is 6.40. The Kier molecular flexibility index (Phi) is 7.24. The molecule has 0 saturated carbocycles. The first-order chi connectivity index (χ1) is 13.7. The van der Waals surface area contributed by atoms with Crippen molar-refractivity contribution in [3.05, 3.63) is 69.8 Å². The number of nitrogens with zero attached hydrogens (tertiary/aromatic N) is 2. The Morgan fingerprint density at radius 3 is 2.31 bits per heavy atom. The Labute approximate surface area is 170 Å². The average molecular weight is 417 g/mol. The first kappa shape index (κ1) is 22.3. The minimum absolute atomic E-state index is 0.111. The van der Waals surface area contributed by atoms with E-state index in [1.165, 1.54) is 40.7 Å². The zero-order valence-electron chi connectivity index (χ0n) is 16.5. The predicted octanol–water partition coefficient (Wildman–Crippen LogP) is 3.59. The van der Waals surface area contributed by atoms with E-state index in [9.17, 15) is 23.3 Å². The highest BCUT2D eigenvalue weighted by molar-refractivity contribution is 7.89. The normalized spacial score (nSPS) is 11.7. The van der Waals surface area contributed by atoms with Crippen molar-refractivity contribution >= 4 is 33.4 Å². The minimum Gasteiger partial charge on any atom is -0.322 e. The molecule has 2 aromatic carbocycles. The third-order valence-electron chi connectivity index (χ3n) is 4.34. The van der Waals surface area contributed by atoms with Crippen LogP contribution in [-0.4, -0.2) is 36.6 Å². The summed E-state index contributed by atoms with van der Waals surface area (Å²) in [6, 6.07) is 10.4. The number of benzene rings is 2. The van der Waals surface area contributed by atoms with Gasteiger partial charge in [-0.3, -0.25) is 14.9 Å². The van der Waals surface area contributed by atoms with E-state index < -0.39 is 20.9 Å². The van der Waals surface area contributed by atoms with E-state index in [0.29, 0.717) is 29.9 Å². The van der Waals surface area contributed by atoms with E-state index in [1.54, 1.807) is 39.0 Å². The maximum Gasteiger partial charge on any atom is 0.271 e. The summed E-state index contributed by atoms with van der Waals surface area (Å²) in [7, 11) is -3.53. The lowest BCUT2D eigenvalue weighted by Gasteiger charge is -2.18. The number of sulfonamides is 1. The largest absolute Gasteiger partial charge is 0.322 e. The van der Waals surface area contributed by atoms with E-state index in [2.05, 4.69) is 5.32 Å². The summed E-state index contributed by atoms with van der Waals surface area (Å²) >= 11 is 0. The van der Waals surface area contributed by atoms with Gasteiger partial charge in [0.25, 0.3) is 5.69 Å². The maximum absolute atomic E-state index is 12.5. The summed E-state index contributed by atoms with van der Waals surface area (Å²) in [5, 5.41) is 13.5. The highest BCUT2D eigenvalue weighted by atomic mass is 32.2. The van der Waals surface area contributed by atoms with E-state index >= 15 is 0 Å². The fourth-order valence-electron chi connectivity index (χ4n) is 2.67. The van der Waals surface area contributed by atoms with Gasteiger partial charge in [0.2, 0.25) is 15.9 Å². The van der Waals surface area contributed by atoms with Gasteiger partial charge in [0, 0.05) is 31.3 Å². The number of amides is 1. The highest BCUT2D eigenvalue weighted by Crippen LogP contribution is 2.22. The summed E-state index contributed by atoms with van der Waals surface area (Å²) < 4.78 is 26.3. The number of aryl methyl sites for hydroxylation is 1. The molecular weight excluding hydrogens is 394 g/mol. The SMILES string of the molecule is CCN(CC)S(=O)(=O)c1ccc(C=CC(=O)Nc2cc([N+](=O)[O-])ccc2C)cc1. The number of anilines is 1. The second kappa shape index (κ2) is 9.44. The van der Waals surface area contributed by atoms with Gasteiger partial charge in [-0.2, -0.15) is 4.31 Å². The van der Waals surface area contributed by atoms with Crippen LogP contribution in [0.3, 0.4) is 0 Å². The third kappa shape index (κ3) is 5.49. The van der Waals surface area contributed by atoms with Crippen molar-refractivity contribution in [1.82, 2.24) is 4.31 Å². The molecule has 0 bridgehead atoms. The molecule has 0 aliphatic rings.